The zero-order valence-corrected chi connectivity index (χ0v) is 16.3. The van der Waals surface area contributed by atoms with Crippen LogP contribution in [0.5, 0.6) is 0 Å². The molecule has 1 rings (SSSR count). The van der Waals surface area contributed by atoms with Gasteiger partial charge in [-0.05, 0) is 36.5 Å². The molecule has 0 spiro atoms. The van der Waals surface area contributed by atoms with E-state index in [4.69, 9.17) is 9.47 Å². The van der Waals surface area contributed by atoms with E-state index in [0.29, 0.717) is 12.3 Å². The molecule has 134 valence electrons. The molecule has 0 fully saturated rings. The van der Waals surface area contributed by atoms with Crippen LogP contribution in [0.3, 0.4) is 0 Å². The van der Waals surface area contributed by atoms with Crippen LogP contribution in [0.1, 0.15) is 58.4 Å². The number of hydrogen-bond donors (Lipinski definition) is 0. The highest BCUT2D eigenvalue weighted by molar-refractivity contribution is 9.10. The summed E-state index contributed by atoms with van der Waals surface area (Å²) in [5, 5.41) is 0. The van der Waals surface area contributed by atoms with Crippen LogP contribution in [0.15, 0.2) is 28.7 Å². The molecule has 1 atom stereocenters. The van der Waals surface area contributed by atoms with Crippen molar-refractivity contribution >= 4 is 27.9 Å². The molecular formula is C19H27BrO4. The molecule has 0 bridgehead atoms. The number of esters is 2. The summed E-state index contributed by atoms with van der Waals surface area (Å²) in [5.74, 6) is -0.220. The smallest absolute Gasteiger partial charge is 0.306 e. The predicted molar refractivity (Wildman–Crippen MR) is 97.4 cm³/mol. The number of benzene rings is 1. The quantitative estimate of drug-likeness (QED) is 0.518. The lowest BCUT2D eigenvalue weighted by Crippen LogP contribution is -2.23. The van der Waals surface area contributed by atoms with Gasteiger partial charge in [-0.25, -0.2) is 0 Å². The molecule has 0 radical (unpaired) electrons. The highest BCUT2D eigenvalue weighted by Crippen LogP contribution is 2.15. The molecule has 4 nitrogen and oxygen atoms in total. The van der Waals surface area contributed by atoms with E-state index in [1.807, 2.05) is 38.1 Å². The minimum Gasteiger partial charge on any atom is -0.462 e. The van der Waals surface area contributed by atoms with E-state index in [1.54, 1.807) is 0 Å². The standard InChI is InChI=1S/C19H27BrO4/c1-4-7-17(14(2)3)24-19(22)11-6-10-18(21)23-13-15-8-5-9-16(20)12-15/h5,8-9,12,14,17H,4,6-7,10-11,13H2,1-3H3. The summed E-state index contributed by atoms with van der Waals surface area (Å²) >= 11 is 3.38. The summed E-state index contributed by atoms with van der Waals surface area (Å²) in [6.45, 7) is 6.42. The number of hydrogen-bond acceptors (Lipinski definition) is 4. The third kappa shape index (κ3) is 8.48. The van der Waals surface area contributed by atoms with Gasteiger partial charge in [-0.2, -0.15) is 0 Å². The van der Waals surface area contributed by atoms with Gasteiger partial charge in [0.05, 0.1) is 0 Å². The second-order valence-corrected chi connectivity index (χ2v) is 7.12. The molecule has 0 N–H and O–H groups in total. The van der Waals surface area contributed by atoms with Gasteiger partial charge >= 0.3 is 11.9 Å². The van der Waals surface area contributed by atoms with Gasteiger partial charge in [0, 0.05) is 17.3 Å². The first-order valence-corrected chi connectivity index (χ1v) is 9.31. The minimum atomic E-state index is -0.295. The summed E-state index contributed by atoms with van der Waals surface area (Å²) in [4.78, 5) is 23.6. The SMILES string of the molecule is CCCC(OC(=O)CCCC(=O)OCc1cccc(Br)c1)C(C)C. The number of carbonyl (C=O) groups excluding carboxylic acids is 2. The Bertz CT molecular complexity index is 528. The lowest BCUT2D eigenvalue weighted by Gasteiger charge is -2.20. The van der Waals surface area contributed by atoms with Crippen LogP contribution in [0.4, 0.5) is 0 Å². The molecule has 5 heteroatoms. The van der Waals surface area contributed by atoms with E-state index in [0.717, 1.165) is 22.9 Å². The number of ether oxygens (including phenoxy) is 2. The molecule has 24 heavy (non-hydrogen) atoms. The predicted octanol–water partition coefficient (Wildman–Crippen LogP) is 5.03. The van der Waals surface area contributed by atoms with Crippen molar-refractivity contribution in [1.29, 1.82) is 0 Å². The van der Waals surface area contributed by atoms with Gasteiger partial charge in [0.15, 0.2) is 0 Å². The van der Waals surface area contributed by atoms with Crippen molar-refractivity contribution in [3.8, 4) is 0 Å². The van der Waals surface area contributed by atoms with Crippen molar-refractivity contribution in [2.45, 2.75) is 65.6 Å². The monoisotopic (exact) mass is 398 g/mol. The van der Waals surface area contributed by atoms with Crippen molar-refractivity contribution in [3.05, 3.63) is 34.3 Å². The Morgan fingerprint density at radius 1 is 1.17 bits per heavy atom. The van der Waals surface area contributed by atoms with E-state index in [-0.39, 0.29) is 37.5 Å². The first kappa shape index (κ1) is 20.7. The average molecular weight is 399 g/mol. The topological polar surface area (TPSA) is 52.6 Å². The molecule has 1 aromatic carbocycles. The third-order valence-corrected chi connectivity index (χ3v) is 4.14. The molecule has 1 unspecified atom stereocenters. The van der Waals surface area contributed by atoms with Crippen molar-refractivity contribution in [2.24, 2.45) is 5.92 Å². The van der Waals surface area contributed by atoms with Crippen molar-refractivity contribution < 1.29 is 19.1 Å². The number of halogens is 1. The largest absolute Gasteiger partial charge is 0.462 e. The number of rotatable bonds is 10. The number of carbonyl (C=O) groups is 2. The van der Waals surface area contributed by atoms with Crippen molar-refractivity contribution in [1.82, 2.24) is 0 Å². The van der Waals surface area contributed by atoms with Crippen LogP contribution in [-0.4, -0.2) is 18.0 Å². The molecule has 1 aromatic rings. The highest BCUT2D eigenvalue weighted by Gasteiger charge is 2.17. The first-order chi connectivity index (χ1) is 11.4. The molecule has 0 amide bonds. The van der Waals surface area contributed by atoms with Gasteiger partial charge < -0.3 is 9.47 Å². The van der Waals surface area contributed by atoms with Gasteiger partial charge in [-0.15, -0.1) is 0 Å². The zero-order chi connectivity index (χ0) is 17.9. The molecule has 0 saturated heterocycles. The fourth-order valence-corrected chi connectivity index (χ4v) is 2.73. The van der Waals surface area contributed by atoms with Gasteiger partial charge in [0.2, 0.25) is 0 Å². The Morgan fingerprint density at radius 2 is 1.88 bits per heavy atom. The fraction of sp³-hybridized carbons (Fsp3) is 0.579. The Hall–Kier alpha value is -1.36. The van der Waals surface area contributed by atoms with Crippen LogP contribution < -0.4 is 0 Å². The molecular weight excluding hydrogens is 372 g/mol. The average Bonchev–Trinajstić information content (AvgIpc) is 2.52. The van der Waals surface area contributed by atoms with Crippen LogP contribution in [0, 0.1) is 5.92 Å². The van der Waals surface area contributed by atoms with E-state index in [2.05, 4.69) is 22.9 Å². The maximum absolute atomic E-state index is 11.9. The molecule has 0 saturated carbocycles. The second kappa shape index (κ2) is 11.2. The van der Waals surface area contributed by atoms with Gasteiger partial charge in [-0.3, -0.25) is 9.59 Å². The first-order valence-electron chi connectivity index (χ1n) is 8.52. The molecule has 0 aliphatic heterocycles. The second-order valence-electron chi connectivity index (χ2n) is 6.21. The van der Waals surface area contributed by atoms with Gasteiger partial charge in [-0.1, -0.05) is 55.3 Å². The summed E-state index contributed by atoms with van der Waals surface area (Å²) in [7, 11) is 0. The maximum Gasteiger partial charge on any atom is 0.306 e. The van der Waals surface area contributed by atoms with Crippen LogP contribution >= 0.6 is 15.9 Å². The maximum atomic E-state index is 11.9. The molecule has 0 heterocycles. The summed E-state index contributed by atoms with van der Waals surface area (Å²) in [5.41, 5.74) is 0.927. The lowest BCUT2D eigenvalue weighted by atomic mass is 10.0. The van der Waals surface area contributed by atoms with E-state index < -0.39 is 0 Å². The van der Waals surface area contributed by atoms with E-state index >= 15 is 0 Å². The molecule has 0 aliphatic carbocycles. The van der Waals surface area contributed by atoms with Crippen molar-refractivity contribution in [3.63, 3.8) is 0 Å². The third-order valence-electron chi connectivity index (χ3n) is 3.65. The summed E-state index contributed by atoms with van der Waals surface area (Å²) in [6, 6.07) is 7.62. The minimum absolute atomic E-state index is 0.0361. The normalized spacial score (nSPS) is 12.0. The van der Waals surface area contributed by atoms with Crippen LogP contribution in [-0.2, 0) is 25.7 Å². The highest BCUT2D eigenvalue weighted by atomic mass is 79.9. The lowest BCUT2D eigenvalue weighted by molar-refractivity contribution is -0.152. The van der Waals surface area contributed by atoms with Crippen LogP contribution in [0.25, 0.3) is 0 Å². The van der Waals surface area contributed by atoms with E-state index in [9.17, 15) is 9.59 Å². The molecule has 0 aliphatic rings. The van der Waals surface area contributed by atoms with Crippen molar-refractivity contribution in [2.75, 3.05) is 0 Å². The summed E-state index contributed by atoms with van der Waals surface area (Å²) in [6.07, 6.45) is 2.75. The van der Waals surface area contributed by atoms with Gasteiger partial charge in [0.1, 0.15) is 12.7 Å². The Morgan fingerprint density at radius 3 is 2.50 bits per heavy atom. The van der Waals surface area contributed by atoms with Gasteiger partial charge in [0.25, 0.3) is 0 Å². The Labute approximate surface area is 153 Å². The summed E-state index contributed by atoms with van der Waals surface area (Å²) < 4.78 is 11.6. The fourth-order valence-electron chi connectivity index (χ4n) is 2.28. The van der Waals surface area contributed by atoms with Crippen LogP contribution in [0.2, 0.25) is 0 Å². The Kier molecular flexibility index (Phi) is 9.69. The molecule has 0 aromatic heterocycles. The Balaban J connectivity index is 2.23. The zero-order valence-electron chi connectivity index (χ0n) is 14.7. The van der Waals surface area contributed by atoms with E-state index in [1.165, 1.54) is 0 Å².